The lowest BCUT2D eigenvalue weighted by atomic mass is 9.76. The minimum atomic E-state index is -1.05. The quantitative estimate of drug-likeness (QED) is 0.840. The summed E-state index contributed by atoms with van der Waals surface area (Å²) in [5.74, 6) is -0.864. The first-order valence-electron chi connectivity index (χ1n) is 5.70. The highest BCUT2D eigenvalue weighted by Crippen LogP contribution is 2.33. The molecule has 1 N–H and O–H groups in total. The molecule has 0 heterocycles. The van der Waals surface area contributed by atoms with Gasteiger partial charge in [0.25, 0.3) is 0 Å². The summed E-state index contributed by atoms with van der Waals surface area (Å²) in [6.45, 7) is 1.72. The molecule has 0 aliphatic carbocycles. The monoisotopic (exact) mass is 382 g/mol. The minimum absolute atomic E-state index is 0.755. The van der Waals surface area contributed by atoms with Crippen LogP contribution in [0.1, 0.15) is 18.1 Å². The molecule has 0 fully saturated rings. The lowest BCUT2D eigenvalue weighted by molar-refractivity contribution is -0.141. The summed E-state index contributed by atoms with van der Waals surface area (Å²) in [5, 5.41) is 9.65. The molecule has 0 aromatic heterocycles. The molecule has 2 nitrogen and oxygen atoms in total. The normalized spacial score (nSPS) is 11.3. The molecule has 0 bridgehead atoms. The molecule has 0 radical (unpaired) electrons. The first-order valence-corrected chi connectivity index (χ1v) is 7.28. The molecule has 2 aromatic rings. The van der Waals surface area contributed by atoms with Gasteiger partial charge in [0.15, 0.2) is 0 Å². The minimum Gasteiger partial charge on any atom is -0.480 e. The second-order valence-electron chi connectivity index (χ2n) is 4.44. The van der Waals surface area contributed by atoms with E-state index in [-0.39, 0.29) is 0 Å². The van der Waals surface area contributed by atoms with Gasteiger partial charge in [0, 0.05) is 8.95 Å². The zero-order chi connectivity index (χ0) is 14.0. The molecule has 19 heavy (non-hydrogen) atoms. The van der Waals surface area contributed by atoms with Crippen molar-refractivity contribution < 1.29 is 9.90 Å². The average Bonchev–Trinajstić information content (AvgIpc) is 2.39. The SMILES string of the molecule is CC(C(=O)O)(c1ccc(Br)cc1)c1ccc(Br)cc1. The van der Waals surface area contributed by atoms with Gasteiger partial charge in [-0.25, -0.2) is 0 Å². The van der Waals surface area contributed by atoms with Gasteiger partial charge in [-0.05, 0) is 42.3 Å². The number of carboxylic acids is 1. The van der Waals surface area contributed by atoms with E-state index in [2.05, 4.69) is 31.9 Å². The van der Waals surface area contributed by atoms with E-state index in [0.717, 1.165) is 20.1 Å². The van der Waals surface area contributed by atoms with Crippen LogP contribution in [0.2, 0.25) is 0 Å². The summed E-state index contributed by atoms with van der Waals surface area (Å²) < 4.78 is 1.86. The van der Waals surface area contributed by atoms with E-state index in [9.17, 15) is 9.90 Å². The maximum absolute atomic E-state index is 11.8. The number of carboxylic acid groups (broad SMARTS) is 1. The first-order chi connectivity index (χ1) is 8.94. The van der Waals surface area contributed by atoms with Crippen LogP contribution in [0.3, 0.4) is 0 Å². The van der Waals surface area contributed by atoms with Crippen LogP contribution in [-0.4, -0.2) is 11.1 Å². The van der Waals surface area contributed by atoms with E-state index in [1.54, 1.807) is 6.92 Å². The largest absolute Gasteiger partial charge is 0.480 e. The summed E-state index contributed by atoms with van der Waals surface area (Å²) >= 11 is 6.72. The average molecular weight is 384 g/mol. The lowest BCUT2D eigenvalue weighted by Gasteiger charge is -2.26. The maximum atomic E-state index is 11.8. The summed E-state index contributed by atoms with van der Waals surface area (Å²) in [5.41, 5.74) is 0.456. The molecule has 0 saturated carbocycles. The Kier molecular flexibility index (Phi) is 4.11. The van der Waals surface area contributed by atoms with Crippen molar-refractivity contribution in [2.75, 3.05) is 0 Å². The Balaban J connectivity index is 2.57. The molecule has 0 aliphatic heterocycles. The Morgan fingerprint density at radius 2 is 1.21 bits per heavy atom. The third kappa shape index (κ3) is 2.74. The van der Waals surface area contributed by atoms with Crippen molar-refractivity contribution in [3.05, 3.63) is 68.6 Å². The number of rotatable bonds is 3. The van der Waals surface area contributed by atoms with Gasteiger partial charge in [-0.1, -0.05) is 56.1 Å². The van der Waals surface area contributed by atoms with E-state index in [1.165, 1.54) is 0 Å². The predicted octanol–water partition coefficient (Wildman–Crippen LogP) is 4.60. The molecule has 2 rings (SSSR count). The Hall–Kier alpha value is -1.13. The second kappa shape index (κ2) is 5.47. The predicted molar refractivity (Wildman–Crippen MR) is 82.4 cm³/mol. The fraction of sp³-hybridized carbons (Fsp3) is 0.133. The van der Waals surface area contributed by atoms with Gasteiger partial charge in [0.1, 0.15) is 5.41 Å². The topological polar surface area (TPSA) is 37.3 Å². The number of hydrogen-bond donors (Lipinski definition) is 1. The van der Waals surface area contributed by atoms with Crippen molar-refractivity contribution in [2.24, 2.45) is 0 Å². The van der Waals surface area contributed by atoms with E-state index >= 15 is 0 Å². The molecule has 0 atom stereocenters. The summed E-state index contributed by atoms with van der Waals surface area (Å²) in [6, 6.07) is 14.8. The van der Waals surface area contributed by atoms with Crippen LogP contribution in [-0.2, 0) is 10.2 Å². The number of benzene rings is 2. The Morgan fingerprint density at radius 3 is 1.47 bits per heavy atom. The maximum Gasteiger partial charge on any atom is 0.318 e. The Labute approximate surface area is 128 Å². The molecular weight excluding hydrogens is 372 g/mol. The van der Waals surface area contributed by atoms with Gasteiger partial charge in [-0.2, -0.15) is 0 Å². The fourth-order valence-electron chi connectivity index (χ4n) is 1.98. The molecule has 0 aliphatic rings. The molecule has 98 valence electrons. The van der Waals surface area contributed by atoms with Gasteiger partial charge in [-0.15, -0.1) is 0 Å². The van der Waals surface area contributed by atoms with Gasteiger partial charge in [-0.3, -0.25) is 4.79 Å². The Bertz CT molecular complexity index is 543. The van der Waals surface area contributed by atoms with Gasteiger partial charge in [0.05, 0.1) is 0 Å². The van der Waals surface area contributed by atoms with Crippen molar-refractivity contribution in [3.8, 4) is 0 Å². The molecular formula is C15H12Br2O2. The zero-order valence-corrected chi connectivity index (χ0v) is 13.4. The van der Waals surface area contributed by atoms with Gasteiger partial charge < -0.3 is 5.11 Å². The number of aliphatic carboxylic acids is 1. The number of halogens is 2. The molecule has 0 unspecified atom stereocenters. The standard InChI is InChI=1S/C15H12Br2O2/c1-15(14(18)19,10-2-6-12(16)7-3-10)11-4-8-13(17)9-5-11/h2-9H,1H3,(H,18,19). The second-order valence-corrected chi connectivity index (χ2v) is 6.28. The fourth-order valence-corrected chi connectivity index (χ4v) is 2.51. The van der Waals surface area contributed by atoms with Crippen LogP contribution >= 0.6 is 31.9 Å². The first kappa shape index (κ1) is 14.3. The van der Waals surface area contributed by atoms with Crippen molar-refractivity contribution in [3.63, 3.8) is 0 Å². The van der Waals surface area contributed by atoms with E-state index in [1.807, 2.05) is 48.5 Å². The van der Waals surface area contributed by atoms with E-state index < -0.39 is 11.4 Å². The molecule has 0 amide bonds. The number of carbonyl (C=O) groups is 1. The van der Waals surface area contributed by atoms with Crippen LogP contribution in [0.15, 0.2) is 57.5 Å². The third-order valence-corrected chi connectivity index (χ3v) is 4.33. The van der Waals surface area contributed by atoms with Gasteiger partial charge in [0.2, 0.25) is 0 Å². The third-order valence-electron chi connectivity index (χ3n) is 3.27. The number of hydrogen-bond acceptors (Lipinski definition) is 1. The van der Waals surface area contributed by atoms with Crippen molar-refractivity contribution in [2.45, 2.75) is 12.3 Å². The van der Waals surface area contributed by atoms with Crippen LogP contribution in [0.5, 0.6) is 0 Å². The summed E-state index contributed by atoms with van der Waals surface area (Å²) in [7, 11) is 0. The highest BCUT2D eigenvalue weighted by Gasteiger charge is 2.37. The van der Waals surface area contributed by atoms with Crippen LogP contribution in [0.25, 0.3) is 0 Å². The van der Waals surface area contributed by atoms with Crippen molar-refractivity contribution >= 4 is 37.8 Å². The van der Waals surface area contributed by atoms with Crippen molar-refractivity contribution in [1.29, 1.82) is 0 Å². The van der Waals surface area contributed by atoms with Crippen molar-refractivity contribution in [1.82, 2.24) is 0 Å². The highest BCUT2D eigenvalue weighted by molar-refractivity contribution is 9.10. The smallest absolute Gasteiger partial charge is 0.318 e. The summed E-state index contributed by atoms with van der Waals surface area (Å²) in [6.07, 6.45) is 0. The van der Waals surface area contributed by atoms with Crippen LogP contribution < -0.4 is 0 Å². The van der Waals surface area contributed by atoms with Gasteiger partial charge >= 0.3 is 5.97 Å². The molecule has 4 heteroatoms. The molecule has 2 aromatic carbocycles. The van der Waals surface area contributed by atoms with Crippen LogP contribution in [0, 0.1) is 0 Å². The highest BCUT2D eigenvalue weighted by atomic mass is 79.9. The van der Waals surface area contributed by atoms with E-state index in [4.69, 9.17) is 0 Å². The van der Waals surface area contributed by atoms with E-state index in [0.29, 0.717) is 0 Å². The van der Waals surface area contributed by atoms with Crippen LogP contribution in [0.4, 0.5) is 0 Å². The lowest BCUT2D eigenvalue weighted by Crippen LogP contribution is -2.33. The zero-order valence-electron chi connectivity index (χ0n) is 10.2. The summed E-state index contributed by atoms with van der Waals surface area (Å²) in [4.78, 5) is 11.8. The molecule has 0 saturated heterocycles. The Morgan fingerprint density at radius 1 is 0.895 bits per heavy atom. The molecule has 0 spiro atoms.